The molecule has 1 aromatic heterocycles. The standard InChI is InChI=1S/C24H25ClN2O3/c1-29-19-5-7-20(8-6-19)30-14-2-3-24(28)27-12-10-17(11-13-27)22-16-26-23-9-4-18(25)15-21(22)23/h4-10,15-16,26H,2-3,11-14H2,1H3. The Balaban J connectivity index is 1.27. The lowest BCUT2D eigenvalue weighted by Crippen LogP contribution is -2.34. The Morgan fingerprint density at radius 1 is 1.17 bits per heavy atom. The highest BCUT2D eigenvalue weighted by Gasteiger charge is 2.19. The number of nitrogens with one attached hydrogen (secondary N) is 1. The molecule has 2 aromatic carbocycles. The van der Waals surface area contributed by atoms with Gasteiger partial charge in [-0.2, -0.15) is 0 Å². The van der Waals surface area contributed by atoms with Crippen molar-refractivity contribution >= 4 is 34.0 Å². The van der Waals surface area contributed by atoms with Crippen molar-refractivity contribution in [3.05, 3.63) is 65.3 Å². The van der Waals surface area contributed by atoms with Crippen LogP contribution in [0.1, 0.15) is 24.8 Å². The van der Waals surface area contributed by atoms with Crippen molar-refractivity contribution in [2.45, 2.75) is 19.3 Å². The lowest BCUT2D eigenvalue weighted by molar-refractivity contribution is -0.131. The summed E-state index contributed by atoms with van der Waals surface area (Å²) in [5.41, 5.74) is 3.51. The molecule has 0 atom stereocenters. The van der Waals surface area contributed by atoms with Crippen LogP contribution in [-0.2, 0) is 4.79 Å². The van der Waals surface area contributed by atoms with Gasteiger partial charge in [-0.25, -0.2) is 0 Å². The number of ether oxygens (including phenoxy) is 2. The number of hydrogen-bond acceptors (Lipinski definition) is 3. The van der Waals surface area contributed by atoms with Gasteiger partial charge in [0, 0.05) is 47.2 Å². The normalized spacial score (nSPS) is 13.9. The predicted molar refractivity (Wildman–Crippen MR) is 120 cm³/mol. The minimum absolute atomic E-state index is 0.172. The van der Waals surface area contributed by atoms with E-state index < -0.39 is 0 Å². The van der Waals surface area contributed by atoms with Gasteiger partial charge in [0.2, 0.25) is 5.91 Å². The van der Waals surface area contributed by atoms with Gasteiger partial charge in [-0.1, -0.05) is 17.7 Å². The molecule has 0 bridgehead atoms. The summed E-state index contributed by atoms with van der Waals surface area (Å²) in [7, 11) is 1.64. The molecule has 0 saturated carbocycles. The fraction of sp³-hybridized carbons (Fsp3) is 0.292. The van der Waals surface area contributed by atoms with E-state index in [4.69, 9.17) is 21.1 Å². The van der Waals surface area contributed by atoms with Crippen LogP contribution in [-0.4, -0.2) is 42.6 Å². The molecule has 0 aliphatic carbocycles. The monoisotopic (exact) mass is 424 g/mol. The highest BCUT2D eigenvalue weighted by atomic mass is 35.5. The maximum absolute atomic E-state index is 12.5. The Morgan fingerprint density at radius 3 is 2.70 bits per heavy atom. The van der Waals surface area contributed by atoms with Gasteiger partial charge in [-0.15, -0.1) is 0 Å². The Bertz CT molecular complexity index is 1060. The van der Waals surface area contributed by atoms with E-state index in [9.17, 15) is 4.79 Å². The number of amides is 1. The summed E-state index contributed by atoms with van der Waals surface area (Å²) in [6, 6.07) is 13.3. The van der Waals surface area contributed by atoms with Crippen LogP contribution in [0.15, 0.2) is 54.7 Å². The van der Waals surface area contributed by atoms with Crippen molar-refractivity contribution in [1.29, 1.82) is 0 Å². The first-order chi connectivity index (χ1) is 14.6. The largest absolute Gasteiger partial charge is 0.497 e. The summed E-state index contributed by atoms with van der Waals surface area (Å²) >= 11 is 6.16. The van der Waals surface area contributed by atoms with Gasteiger partial charge >= 0.3 is 0 Å². The van der Waals surface area contributed by atoms with Crippen LogP contribution in [0.4, 0.5) is 0 Å². The molecule has 156 valence electrons. The molecule has 0 unspecified atom stereocenters. The molecular weight excluding hydrogens is 400 g/mol. The summed E-state index contributed by atoms with van der Waals surface area (Å²) in [4.78, 5) is 17.8. The molecule has 2 heterocycles. The summed E-state index contributed by atoms with van der Waals surface area (Å²) in [5.74, 6) is 1.75. The molecule has 30 heavy (non-hydrogen) atoms. The minimum Gasteiger partial charge on any atom is -0.497 e. The van der Waals surface area contributed by atoms with Crippen molar-refractivity contribution in [2.24, 2.45) is 0 Å². The molecule has 4 rings (SSSR count). The van der Waals surface area contributed by atoms with E-state index in [0.717, 1.165) is 40.4 Å². The lowest BCUT2D eigenvalue weighted by Gasteiger charge is -2.26. The summed E-state index contributed by atoms with van der Waals surface area (Å²) in [6.45, 7) is 1.89. The number of benzene rings is 2. The van der Waals surface area contributed by atoms with Gasteiger partial charge in [-0.3, -0.25) is 4.79 Å². The quantitative estimate of drug-likeness (QED) is 0.523. The van der Waals surface area contributed by atoms with Crippen LogP contribution in [0.25, 0.3) is 16.5 Å². The summed E-state index contributed by atoms with van der Waals surface area (Å²) in [5, 5.41) is 1.86. The van der Waals surface area contributed by atoms with Crippen molar-refractivity contribution < 1.29 is 14.3 Å². The topological polar surface area (TPSA) is 54.6 Å². The fourth-order valence-corrected chi connectivity index (χ4v) is 3.91. The van der Waals surface area contributed by atoms with Gasteiger partial charge in [0.1, 0.15) is 11.5 Å². The molecule has 0 fully saturated rings. The average Bonchev–Trinajstić information content (AvgIpc) is 3.20. The zero-order chi connectivity index (χ0) is 20.9. The van der Waals surface area contributed by atoms with Crippen LogP contribution in [0, 0.1) is 0 Å². The Hall–Kier alpha value is -2.92. The molecule has 0 saturated heterocycles. The van der Waals surface area contributed by atoms with Crippen LogP contribution < -0.4 is 9.47 Å². The first-order valence-electron chi connectivity index (χ1n) is 10.1. The maximum atomic E-state index is 12.5. The van der Waals surface area contributed by atoms with E-state index in [1.54, 1.807) is 7.11 Å². The van der Waals surface area contributed by atoms with E-state index >= 15 is 0 Å². The lowest BCUT2D eigenvalue weighted by atomic mass is 9.98. The number of methoxy groups -OCH3 is 1. The van der Waals surface area contributed by atoms with E-state index in [0.29, 0.717) is 26.0 Å². The van der Waals surface area contributed by atoms with Crippen LogP contribution in [0.3, 0.4) is 0 Å². The SMILES string of the molecule is COc1ccc(OCCCC(=O)N2CC=C(c3c[nH]c4ccc(Cl)cc34)CC2)cc1. The van der Waals surface area contributed by atoms with Gasteiger partial charge in [-0.05, 0) is 60.9 Å². The van der Waals surface area contributed by atoms with E-state index in [2.05, 4.69) is 11.1 Å². The molecule has 6 heteroatoms. The molecule has 3 aromatic rings. The molecule has 0 spiro atoms. The van der Waals surface area contributed by atoms with E-state index in [-0.39, 0.29) is 5.91 Å². The highest BCUT2D eigenvalue weighted by Crippen LogP contribution is 2.31. The molecule has 1 aliphatic rings. The number of carbonyl (C=O) groups excluding carboxylic acids is 1. The molecule has 1 amide bonds. The van der Waals surface area contributed by atoms with Gasteiger partial charge in [0.05, 0.1) is 13.7 Å². The fourth-order valence-electron chi connectivity index (χ4n) is 3.74. The van der Waals surface area contributed by atoms with Crippen molar-refractivity contribution in [3.63, 3.8) is 0 Å². The first kappa shape index (κ1) is 20.4. The number of aromatic nitrogens is 1. The van der Waals surface area contributed by atoms with Crippen molar-refractivity contribution in [2.75, 3.05) is 26.8 Å². The van der Waals surface area contributed by atoms with Gasteiger partial charge in [0.15, 0.2) is 0 Å². The third-order valence-corrected chi connectivity index (χ3v) is 5.65. The van der Waals surface area contributed by atoms with E-state index in [1.165, 1.54) is 11.1 Å². The van der Waals surface area contributed by atoms with Crippen LogP contribution in [0.2, 0.25) is 5.02 Å². The van der Waals surface area contributed by atoms with Gasteiger partial charge in [0.25, 0.3) is 0 Å². The minimum atomic E-state index is 0.172. The summed E-state index contributed by atoms with van der Waals surface area (Å²) in [6.07, 6.45) is 6.20. The Labute approximate surface area is 181 Å². The van der Waals surface area contributed by atoms with Crippen molar-refractivity contribution in [1.82, 2.24) is 9.88 Å². The van der Waals surface area contributed by atoms with Crippen LogP contribution >= 0.6 is 11.6 Å². The number of carbonyl (C=O) groups is 1. The second-order valence-electron chi connectivity index (χ2n) is 7.34. The first-order valence-corrected chi connectivity index (χ1v) is 10.5. The van der Waals surface area contributed by atoms with Crippen LogP contribution in [0.5, 0.6) is 11.5 Å². The predicted octanol–water partition coefficient (Wildman–Crippen LogP) is 5.30. The molecular formula is C24H25ClN2O3. The second kappa shape index (κ2) is 9.26. The molecule has 1 N–H and O–H groups in total. The van der Waals surface area contributed by atoms with Gasteiger partial charge < -0.3 is 19.4 Å². The van der Waals surface area contributed by atoms with Crippen molar-refractivity contribution in [3.8, 4) is 11.5 Å². The maximum Gasteiger partial charge on any atom is 0.222 e. The number of hydrogen-bond donors (Lipinski definition) is 1. The number of halogens is 1. The number of nitrogens with zero attached hydrogens (tertiary/aromatic N) is 1. The highest BCUT2D eigenvalue weighted by molar-refractivity contribution is 6.31. The third kappa shape index (κ3) is 4.62. The average molecular weight is 425 g/mol. The third-order valence-electron chi connectivity index (χ3n) is 5.41. The zero-order valence-electron chi connectivity index (χ0n) is 17.0. The summed E-state index contributed by atoms with van der Waals surface area (Å²) < 4.78 is 10.8. The molecule has 5 nitrogen and oxygen atoms in total. The number of H-pyrrole nitrogens is 1. The molecule has 1 aliphatic heterocycles. The zero-order valence-corrected chi connectivity index (χ0v) is 17.7. The van der Waals surface area contributed by atoms with E-state index in [1.807, 2.05) is 53.6 Å². The second-order valence-corrected chi connectivity index (χ2v) is 7.78. The number of rotatable bonds is 7. The number of aromatic amines is 1. The number of fused-ring (bicyclic) bond motifs is 1. The smallest absolute Gasteiger partial charge is 0.222 e. The Morgan fingerprint density at radius 2 is 1.97 bits per heavy atom. The Kier molecular flexibility index (Phi) is 6.29. The molecule has 0 radical (unpaired) electrons.